The average Bonchev–Trinajstić information content (AvgIpc) is 2.74. The van der Waals surface area contributed by atoms with Gasteiger partial charge in [-0.25, -0.2) is 5.48 Å². The van der Waals surface area contributed by atoms with E-state index < -0.39 is 5.91 Å². The number of carbonyl (C=O) groups excluding carboxylic acids is 2. The van der Waals surface area contributed by atoms with Crippen LogP contribution in [0.4, 0.5) is 0 Å². The van der Waals surface area contributed by atoms with E-state index in [0.29, 0.717) is 30.1 Å². The molecular weight excluding hydrogens is 390 g/mol. The summed E-state index contributed by atoms with van der Waals surface area (Å²) in [5.41, 5.74) is 4.44. The van der Waals surface area contributed by atoms with Gasteiger partial charge in [-0.05, 0) is 55.5 Å². The van der Waals surface area contributed by atoms with Crippen LogP contribution in [0, 0.1) is 6.92 Å². The quantitative estimate of drug-likeness (QED) is 0.255. The highest BCUT2D eigenvalue weighted by Crippen LogP contribution is 2.20. The Kier molecular flexibility index (Phi) is 9.64. The van der Waals surface area contributed by atoms with Crippen molar-refractivity contribution in [2.75, 3.05) is 6.54 Å². The van der Waals surface area contributed by atoms with Gasteiger partial charge in [0.2, 0.25) is 5.91 Å². The normalized spacial score (nSPS) is 11.7. The van der Waals surface area contributed by atoms with Crippen LogP contribution >= 0.6 is 11.6 Å². The molecule has 7 heteroatoms. The zero-order valence-electron chi connectivity index (χ0n) is 16.6. The third-order valence-electron chi connectivity index (χ3n) is 4.82. The summed E-state index contributed by atoms with van der Waals surface area (Å²) in [6, 6.07) is 14.9. The third-order valence-corrected chi connectivity index (χ3v) is 5.17. The minimum Gasteiger partial charge on any atom is -0.352 e. The molecule has 0 aliphatic carbocycles. The first-order valence-corrected chi connectivity index (χ1v) is 10.1. The molecular formula is C22H28ClN3O3. The van der Waals surface area contributed by atoms with Crippen molar-refractivity contribution in [3.63, 3.8) is 0 Å². The number of nitrogens with one attached hydrogen (secondary N) is 3. The van der Waals surface area contributed by atoms with E-state index in [9.17, 15) is 9.59 Å². The molecule has 0 aliphatic heterocycles. The summed E-state index contributed by atoms with van der Waals surface area (Å²) < 4.78 is 0. The molecule has 2 amide bonds. The smallest absolute Gasteiger partial charge is 0.251 e. The number of aryl methyl sites for hydroxylation is 1. The zero-order valence-corrected chi connectivity index (χ0v) is 17.3. The maximum absolute atomic E-state index is 12.1. The second-order valence-electron chi connectivity index (χ2n) is 6.95. The number of hydroxylamine groups is 1. The van der Waals surface area contributed by atoms with E-state index in [-0.39, 0.29) is 18.4 Å². The van der Waals surface area contributed by atoms with Crippen molar-refractivity contribution in [2.45, 2.75) is 45.2 Å². The number of halogens is 1. The highest BCUT2D eigenvalue weighted by Gasteiger charge is 2.13. The molecule has 156 valence electrons. The minimum atomic E-state index is -0.414. The van der Waals surface area contributed by atoms with Gasteiger partial charge in [-0.15, -0.1) is 0 Å². The van der Waals surface area contributed by atoms with Crippen LogP contribution in [0.2, 0.25) is 5.02 Å². The molecule has 0 radical (unpaired) electrons. The summed E-state index contributed by atoms with van der Waals surface area (Å²) in [6.45, 7) is 3.15. The Morgan fingerprint density at radius 3 is 2.52 bits per heavy atom. The highest BCUT2D eigenvalue weighted by molar-refractivity contribution is 6.31. The fourth-order valence-corrected chi connectivity index (χ4v) is 3.38. The van der Waals surface area contributed by atoms with E-state index >= 15 is 0 Å². The SMILES string of the molecule is Cc1cccc(Cl)c1CNC(CCCNC(=O)c1ccccc1)CCC(=O)NO. The summed E-state index contributed by atoms with van der Waals surface area (Å²) in [4.78, 5) is 23.5. The number of hydrogen-bond acceptors (Lipinski definition) is 4. The maximum Gasteiger partial charge on any atom is 0.251 e. The Labute approximate surface area is 176 Å². The molecule has 6 nitrogen and oxygen atoms in total. The summed E-state index contributed by atoms with van der Waals surface area (Å²) in [5.74, 6) is -0.510. The van der Waals surface area contributed by atoms with E-state index in [1.807, 2.05) is 43.3 Å². The lowest BCUT2D eigenvalue weighted by molar-refractivity contribution is -0.129. The number of amides is 2. The van der Waals surface area contributed by atoms with Crippen LogP contribution in [0.3, 0.4) is 0 Å². The molecule has 0 bridgehead atoms. The number of carbonyl (C=O) groups is 2. The number of hydrogen-bond donors (Lipinski definition) is 4. The molecule has 1 atom stereocenters. The lowest BCUT2D eigenvalue weighted by Crippen LogP contribution is -2.32. The van der Waals surface area contributed by atoms with Gasteiger partial charge < -0.3 is 10.6 Å². The van der Waals surface area contributed by atoms with Crippen LogP contribution in [0.25, 0.3) is 0 Å². The van der Waals surface area contributed by atoms with Gasteiger partial charge >= 0.3 is 0 Å². The van der Waals surface area contributed by atoms with Crippen LogP contribution in [0.5, 0.6) is 0 Å². The lowest BCUT2D eigenvalue weighted by atomic mass is 10.0. The first kappa shape index (κ1) is 22.9. The van der Waals surface area contributed by atoms with E-state index in [0.717, 1.165) is 24.0 Å². The van der Waals surface area contributed by atoms with E-state index in [1.54, 1.807) is 17.6 Å². The number of rotatable bonds is 11. The molecule has 2 rings (SSSR count). The van der Waals surface area contributed by atoms with Gasteiger partial charge in [-0.2, -0.15) is 0 Å². The molecule has 0 aliphatic rings. The molecule has 4 N–H and O–H groups in total. The van der Waals surface area contributed by atoms with Crippen LogP contribution in [-0.2, 0) is 11.3 Å². The Balaban J connectivity index is 1.85. The molecule has 0 fully saturated rings. The predicted molar refractivity (Wildman–Crippen MR) is 114 cm³/mol. The topological polar surface area (TPSA) is 90.5 Å². The first-order chi connectivity index (χ1) is 14.0. The molecule has 0 aromatic heterocycles. The molecule has 0 saturated heterocycles. The minimum absolute atomic E-state index is 0.0524. The fourth-order valence-electron chi connectivity index (χ4n) is 3.09. The van der Waals surface area contributed by atoms with E-state index in [1.165, 1.54) is 0 Å². The highest BCUT2D eigenvalue weighted by atomic mass is 35.5. The summed E-state index contributed by atoms with van der Waals surface area (Å²) in [7, 11) is 0. The number of benzene rings is 2. The molecule has 2 aromatic carbocycles. The van der Waals surface area contributed by atoms with Crippen molar-refractivity contribution in [1.29, 1.82) is 0 Å². The van der Waals surface area contributed by atoms with Crippen LogP contribution in [0.1, 0.15) is 47.2 Å². The molecule has 29 heavy (non-hydrogen) atoms. The largest absolute Gasteiger partial charge is 0.352 e. The summed E-state index contributed by atoms with van der Waals surface area (Å²) in [5, 5.41) is 15.8. The van der Waals surface area contributed by atoms with Gasteiger partial charge in [0.1, 0.15) is 0 Å². The second kappa shape index (κ2) is 12.2. The molecule has 1 unspecified atom stereocenters. The second-order valence-corrected chi connectivity index (χ2v) is 7.36. The Bertz CT molecular complexity index is 779. The van der Waals surface area contributed by atoms with Crippen LogP contribution in [-0.4, -0.2) is 29.6 Å². The van der Waals surface area contributed by atoms with Crippen molar-refractivity contribution in [3.05, 3.63) is 70.2 Å². The molecule has 2 aromatic rings. The van der Waals surface area contributed by atoms with E-state index in [4.69, 9.17) is 16.8 Å². The van der Waals surface area contributed by atoms with Gasteiger partial charge in [-0.1, -0.05) is 41.9 Å². The van der Waals surface area contributed by atoms with Crippen molar-refractivity contribution in [1.82, 2.24) is 16.1 Å². The molecule has 0 heterocycles. The van der Waals surface area contributed by atoms with Crippen LogP contribution < -0.4 is 16.1 Å². The van der Waals surface area contributed by atoms with Gasteiger partial charge in [0.15, 0.2) is 0 Å². The van der Waals surface area contributed by atoms with Crippen molar-refractivity contribution in [3.8, 4) is 0 Å². The zero-order chi connectivity index (χ0) is 21.1. The fraction of sp³-hybridized carbons (Fsp3) is 0.364. The van der Waals surface area contributed by atoms with E-state index in [2.05, 4.69) is 10.6 Å². The van der Waals surface area contributed by atoms with Gasteiger partial charge in [-0.3, -0.25) is 14.8 Å². The average molecular weight is 418 g/mol. The predicted octanol–water partition coefficient (Wildman–Crippen LogP) is 3.60. The van der Waals surface area contributed by atoms with Crippen molar-refractivity contribution in [2.24, 2.45) is 0 Å². The lowest BCUT2D eigenvalue weighted by Gasteiger charge is -2.20. The Morgan fingerprint density at radius 2 is 1.83 bits per heavy atom. The molecule has 0 spiro atoms. The summed E-state index contributed by atoms with van der Waals surface area (Å²) in [6.07, 6.45) is 2.32. The van der Waals surface area contributed by atoms with Crippen LogP contribution in [0.15, 0.2) is 48.5 Å². The molecule has 0 saturated carbocycles. The van der Waals surface area contributed by atoms with Crippen molar-refractivity contribution >= 4 is 23.4 Å². The standard InChI is InChI=1S/C22H28ClN3O3/c1-16-7-5-11-20(23)19(16)15-25-18(12-13-21(27)26-29)10-6-14-24-22(28)17-8-3-2-4-9-17/h2-5,7-9,11,18,25,29H,6,10,12-15H2,1H3,(H,24,28)(H,26,27). The maximum atomic E-state index is 12.1. The first-order valence-electron chi connectivity index (χ1n) is 9.74. The summed E-state index contributed by atoms with van der Waals surface area (Å²) >= 11 is 6.30. The van der Waals surface area contributed by atoms with Crippen molar-refractivity contribution < 1.29 is 14.8 Å². The van der Waals surface area contributed by atoms with Gasteiger partial charge in [0.05, 0.1) is 0 Å². The van der Waals surface area contributed by atoms with Gasteiger partial charge in [0.25, 0.3) is 5.91 Å². The Hall–Kier alpha value is -2.41. The monoisotopic (exact) mass is 417 g/mol. The Morgan fingerprint density at radius 1 is 1.07 bits per heavy atom. The third kappa shape index (κ3) is 7.85. The van der Waals surface area contributed by atoms with Gasteiger partial charge in [0, 0.05) is 36.1 Å².